The second kappa shape index (κ2) is 7.69. The average molecular weight is 378 g/mol. The highest BCUT2D eigenvalue weighted by atomic mass is 32.2. The molecule has 0 saturated heterocycles. The number of carbonyl (C=O) groups is 2. The summed E-state index contributed by atoms with van der Waals surface area (Å²) in [6.07, 6.45) is 11.9. The van der Waals surface area contributed by atoms with Gasteiger partial charge in [0.15, 0.2) is 0 Å². The van der Waals surface area contributed by atoms with Crippen LogP contribution < -0.4 is 5.32 Å². The molecule has 1 heterocycles. The third-order valence-corrected chi connectivity index (χ3v) is 6.23. The standard InChI is InChI=1S/C22H22N2O2S/c1-14-5-4-6-15(11-14)12-20-22(26)24-18-13-16(9-10-19(18)27-20)21(25)23-17-7-2-3-8-17/h4-6,9-13,17,19H,2-3,7-8H2,1H3,(H,23,25)/b20-12+. The normalized spacial score (nSPS) is 23.8. The summed E-state index contributed by atoms with van der Waals surface area (Å²) in [7, 11) is 0. The number of nitrogens with zero attached hydrogens (tertiary/aromatic N) is 1. The molecule has 5 heteroatoms. The maximum atomic E-state index is 12.5. The highest BCUT2D eigenvalue weighted by molar-refractivity contribution is 8.05. The summed E-state index contributed by atoms with van der Waals surface area (Å²) in [5.74, 6) is -0.312. The van der Waals surface area contributed by atoms with Crippen LogP contribution in [-0.4, -0.2) is 28.8 Å². The van der Waals surface area contributed by atoms with Crippen molar-refractivity contribution in [1.82, 2.24) is 5.32 Å². The molecule has 138 valence electrons. The number of carbonyl (C=O) groups excluding carboxylic acids is 2. The molecule has 1 saturated carbocycles. The Morgan fingerprint density at radius 3 is 2.89 bits per heavy atom. The van der Waals surface area contributed by atoms with E-state index in [1.807, 2.05) is 49.4 Å². The van der Waals surface area contributed by atoms with E-state index in [-0.39, 0.29) is 23.1 Å². The Morgan fingerprint density at radius 2 is 2.11 bits per heavy atom. The first-order chi connectivity index (χ1) is 13.1. The van der Waals surface area contributed by atoms with E-state index in [1.54, 1.807) is 6.08 Å². The van der Waals surface area contributed by atoms with Gasteiger partial charge in [-0.15, -0.1) is 11.8 Å². The van der Waals surface area contributed by atoms with Gasteiger partial charge in [0.1, 0.15) is 0 Å². The van der Waals surface area contributed by atoms with E-state index in [9.17, 15) is 9.59 Å². The van der Waals surface area contributed by atoms with Crippen LogP contribution in [0.25, 0.3) is 6.08 Å². The summed E-state index contributed by atoms with van der Waals surface area (Å²) in [5, 5.41) is 3.06. The van der Waals surface area contributed by atoms with E-state index >= 15 is 0 Å². The number of amides is 2. The zero-order valence-corrected chi connectivity index (χ0v) is 16.1. The molecule has 0 spiro atoms. The summed E-state index contributed by atoms with van der Waals surface area (Å²) < 4.78 is 0. The predicted molar refractivity (Wildman–Crippen MR) is 111 cm³/mol. The van der Waals surface area contributed by atoms with Crippen molar-refractivity contribution in [2.24, 2.45) is 4.99 Å². The molecule has 3 aliphatic rings. The predicted octanol–water partition coefficient (Wildman–Crippen LogP) is 3.97. The number of aliphatic imine (C=N–C) groups is 1. The second-order valence-electron chi connectivity index (χ2n) is 7.22. The van der Waals surface area contributed by atoms with E-state index in [4.69, 9.17) is 0 Å². The minimum atomic E-state index is -0.241. The van der Waals surface area contributed by atoms with Crippen molar-refractivity contribution in [3.05, 3.63) is 64.1 Å². The Bertz CT molecular complexity index is 905. The lowest BCUT2D eigenvalue weighted by atomic mass is 10.0. The number of allylic oxidation sites excluding steroid dienone is 1. The fraction of sp³-hybridized carbons (Fsp3) is 0.318. The third-order valence-electron chi connectivity index (χ3n) is 5.03. The van der Waals surface area contributed by atoms with Crippen LogP contribution in [0.3, 0.4) is 0 Å². The molecule has 1 unspecified atom stereocenters. The number of nitrogens with one attached hydrogen (secondary N) is 1. The maximum absolute atomic E-state index is 12.5. The van der Waals surface area contributed by atoms with Gasteiger partial charge >= 0.3 is 0 Å². The van der Waals surface area contributed by atoms with Crippen LogP contribution in [0.2, 0.25) is 0 Å². The molecule has 4 rings (SSSR count). The molecule has 1 atom stereocenters. The number of hydrogen-bond donors (Lipinski definition) is 1. The first kappa shape index (κ1) is 18.0. The highest BCUT2D eigenvalue weighted by Crippen LogP contribution is 2.34. The molecule has 0 bridgehead atoms. The zero-order valence-electron chi connectivity index (χ0n) is 15.3. The zero-order chi connectivity index (χ0) is 18.8. The number of hydrogen-bond acceptors (Lipinski definition) is 3. The van der Waals surface area contributed by atoms with Gasteiger partial charge in [-0.1, -0.05) is 54.8 Å². The molecule has 2 amide bonds. The van der Waals surface area contributed by atoms with E-state index < -0.39 is 0 Å². The van der Waals surface area contributed by atoms with Crippen LogP contribution in [0.4, 0.5) is 0 Å². The lowest BCUT2D eigenvalue weighted by Gasteiger charge is -2.23. The first-order valence-electron chi connectivity index (χ1n) is 9.37. The van der Waals surface area contributed by atoms with Crippen LogP contribution in [0, 0.1) is 6.92 Å². The van der Waals surface area contributed by atoms with Crippen LogP contribution in [-0.2, 0) is 9.59 Å². The maximum Gasteiger partial charge on any atom is 0.283 e. The number of rotatable bonds is 3. The van der Waals surface area contributed by atoms with Crippen LogP contribution in [0.5, 0.6) is 0 Å². The molecule has 1 aliphatic heterocycles. The van der Waals surface area contributed by atoms with Gasteiger partial charge in [0.25, 0.3) is 11.8 Å². The van der Waals surface area contributed by atoms with E-state index in [0.717, 1.165) is 24.0 Å². The molecule has 4 nitrogen and oxygen atoms in total. The second-order valence-corrected chi connectivity index (χ2v) is 8.40. The van der Waals surface area contributed by atoms with E-state index in [1.165, 1.54) is 24.6 Å². The Hall–Kier alpha value is -2.40. The first-order valence-corrected chi connectivity index (χ1v) is 10.3. The molecule has 0 aromatic heterocycles. The molecular formula is C22H22N2O2S. The van der Waals surface area contributed by atoms with Crippen LogP contribution in [0.15, 0.2) is 58.0 Å². The van der Waals surface area contributed by atoms with Crippen LogP contribution in [0.1, 0.15) is 36.8 Å². The molecule has 27 heavy (non-hydrogen) atoms. The Morgan fingerprint density at radius 1 is 1.30 bits per heavy atom. The van der Waals surface area contributed by atoms with Gasteiger partial charge in [0.2, 0.25) is 0 Å². The topological polar surface area (TPSA) is 58.5 Å². The number of fused-ring (bicyclic) bond motifs is 1. The Kier molecular flexibility index (Phi) is 5.12. The largest absolute Gasteiger partial charge is 0.349 e. The minimum Gasteiger partial charge on any atom is -0.349 e. The molecule has 1 aromatic rings. The van der Waals surface area contributed by atoms with Crippen molar-refractivity contribution in [3.63, 3.8) is 0 Å². The summed E-state index contributed by atoms with van der Waals surface area (Å²) in [6, 6.07) is 8.31. The summed E-state index contributed by atoms with van der Waals surface area (Å²) >= 11 is 1.49. The van der Waals surface area contributed by atoms with Crippen molar-refractivity contribution < 1.29 is 9.59 Å². The Labute approximate surface area is 163 Å². The molecule has 2 aliphatic carbocycles. The van der Waals surface area contributed by atoms with Gasteiger partial charge < -0.3 is 5.32 Å². The summed E-state index contributed by atoms with van der Waals surface area (Å²) in [6.45, 7) is 2.03. The lowest BCUT2D eigenvalue weighted by molar-refractivity contribution is -0.118. The molecule has 1 aromatic carbocycles. The summed E-state index contributed by atoms with van der Waals surface area (Å²) in [4.78, 5) is 29.8. The molecule has 1 N–H and O–H groups in total. The van der Waals surface area contributed by atoms with E-state index in [0.29, 0.717) is 16.2 Å². The van der Waals surface area contributed by atoms with Gasteiger partial charge in [-0.05, 0) is 37.5 Å². The molecular weight excluding hydrogens is 356 g/mol. The number of aryl methyl sites for hydroxylation is 1. The highest BCUT2D eigenvalue weighted by Gasteiger charge is 2.29. The molecule has 0 radical (unpaired) electrons. The van der Waals surface area contributed by atoms with Crippen molar-refractivity contribution in [3.8, 4) is 0 Å². The fourth-order valence-corrected chi connectivity index (χ4v) is 4.64. The third kappa shape index (κ3) is 4.14. The van der Waals surface area contributed by atoms with Crippen LogP contribution >= 0.6 is 11.8 Å². The lowest BCUT2D eigenvalue weighted by Crippen LogP contribution is -2.35. The van der Waals surface area contributed by atoms with Crippen molar-refractivity contribution in [2.75, 3.05) is 0 Å². The van der Waals surface area contributed by atoms with Gasteiger partial charge in [0.05, 0.1) is 15.9 Å². The van der Waals surface area contributed by atoms with Gasteiger partial charge in [0, 0.05) is 11.6 Å². The fourth-order valence-electron chi connectivity index (χ4n) is 3.62. The van der Waals surface area contributed by atoms with Gasteiger partial charge in [-0.2, -0.15) is 0 Å². The van der Waals surface area contributed by atoms with Crippen molar-refractivity contribution in [2.45, 2.75) is 43.9 Å². The van der Waals surface area contributed by atoms with Gasteiger partial charge in [-0.3, -0.25) is 9.59 Å². The Balaban J connectivity index is 1.52. The SMILES string of the molecule is Cc1cccc(/C=C2/SC3C=CC(C(=O)NC4CCCC4)=CC3=NC2=O)c1. The monoisotopic (exact) mass is 378 g/mol. The summed E-state index contributed by atoms with van der Waals surface area (Å²) in [5.41, 5.74) is 3.39. The van der Waals surface area contributed by atoms with Crippen molar-refractivity contribution in [1.29, 1.82) is 0 Å². The number of benzene rings is 1. The van der Waals surface area contributed by atoms with E-state index in [2.05, 4.69) is 10.3 Å². The van der Waals surface area contributed by atoms with Crippen molar-refractivity contribution >= 4 is 35.4 Å². The molecule has 1 fully saturated rings. The van der Waals surface area contributed by atoms with Gasteiger partial charge in [-0.25, -0.2) is 4.99 Å². The average Bonchev–Trinajstić information content (AvgIpc) is 3.15. The quantitative estimate of drug-likeness (QED) is 0.810. The smallest absolute Gasteiger partial charge is 0.283 e. The minimum absolute atomic E-state index is 0.0261. The number of thioether (sulfide) groups is 1.